The van der Waals surface area contributed by atoms with Crippen molar-refractivity contribution in [1.29, 1.82) is 5.26 Å². The zero-order valence-electron chi connectivity index (χ0n) is 16.8. The third-order valence-electron chi connectivity index (χ3n) is 5.55. The number of thiophene rings is 1. The van der Waals surface area contributed by atoms with Crippen LogP contribution >= 0.6 is 22.9 Å². The van der Waals surface area contributed by atoms with Gasteiger partial charge < -0.3 is 10.1 Å². The van der Waals surface area contributed by atoms with E-state index in [0.717, 1.165) is 42.5 Å². The van der Waals surface area contributed by atoms with E-state index in [9.17, 15) is 18.5 Å². The molecule has 1 aromatic heterocycles. The van der Waals surface area contributed by atoms with Crippen LogP contribution in [0.15, 0.2) is 23.1 Å². The van der Waals surface area contributed by atoms with Gasteiger partial charge in [-0.2, -0.15) is 9.57 Å². The summed E-state index contributed by atoms with van der Waals surface area (Å²) in [5, 5.41) is 13.1. The number of benzene rings is 1. The molecule has 31 heavy (non-hydrogen) atoms. The van der Waals surface area contributed by atoms with Crippen LogP contribution in [0.4, 0.5) is 5.00 Å². The summed E-state index contributed by atoms with van der Waals surface area (Å²) in [4.78, 5) is 14.2. The first-order valence-electron chi connectivity index (χ1n) is 10.1. The molecular weight excluding hydrogens is 458 g/mol. The molecule has 10 heteroatoms. The summed E-state index contributed by atoms with van der Waals surface area (Å²) in [5.74, 6) is -0.531. The maximum atomic E-state index is 13.0. The summed E-state index contributed by atoms with van der Waals surface area (Å²) in [6, 6.07) is 6.34. The van der Waals surface area contributed by atoms with Gasteiger partial charge in [-0.1, -0.05) is 18.0 Å². The molecule has 2 heterocycles. The second-order valence-electron chi connectivity index (χ2n) is 7.49. The summed E-state index contributed by atoms with van der Waals surface area (Å²) < 4.78 is 32.5. The molecule has 164 valence electrons. The third kappa shape index (κ3) is 4.49. The average Bonchev–Trinajstić information content (AvgIpc) is 2.93. The van der Waals surface area contributed by atoms with Gasteiger partial charge in [0.15, 0.2) is 0 Å². The Morgan fingerprint density at radius 1 is 1.19 bits per heavy atom. The van der Waals surface area contributed by atoms with Crippen LogP contribution in [0.5, 0.6) is 0 Å². The number of nitrogens with zero attached hydrogens (tertiary/aromatic N) is 2. The fourth-order valence-corrected chi connectivity index (χ4v) is 6.77. The highest BCUT2D eigenvalue weighted by atomic mass is 35.5. The van der Waals surface area contributed by atoms with E-state index in [2.05, 4.69) is 11.4 Å². The van der Waals surface area contributed by atoms with Gasteiger partial charge in [0.2, 0.25) is 10.0 Å². The minimum atomic E-state index is -3.76. The van der Waals surface area contributed by atoms with E-state index in [-0.39, 0.29) is 28.6 Å². The number of sulfonamides is 1. The summed E-state index contributed by atoms with van der Waals surface area (Å²) in [5.41, 5.74) is 1.59. The van der Waals surface area contributed by atoms with Crippen molar-refractivity contribution in [2.24, 2.45) is 0 Å². The van der Waals surface area contributed by atoms with Crippen molar-refractivity contribution in [2.45, 2.75) is 37.0 Å². The van der Waals surface area contributed by atoms with Gasteiger partial charge in [-0.15, -0.1) is 11.3 Å². The highest BCUT2D eigenvalue weighted by molar-refractivity contribution is 7.89. The monoisotopic (exact) mass is 479 g/mol. The average molecular weight is 480 g/mol. The Labute approximate surface area is 190 Å². The van der Waals surface area contributed by atoms with Crippen molar-refractivity contribution in [3.63, 3.8) is 0 Å². The van der Waals surface area contributed by atoms with E-state index in [1.165, 1.54) is 33.8 Å². The molecular formula is C21H22ClN3O4S2. The minimum absolute atomic E-state index is 0.00594. The molecule has 0 radical (unpaired) electrons. The molecule has 0 unspecified atom stereocenters. The largest absolute Gasteiger partial charge is 0.379 e. The maximum absolute atomic E-state index is 13.0. The zero-order valence-corrected chi connectivity index (χ0v) is 19.2. The predicted molar refractivity (Wildman–Crippen MR) is 119 cm³/mol. The number of rotatable bonds is 4. The smallest absolute Gasteiger partial charge is 0.257 e. The lowest BCUT2D eigenvalue weighted by atomic mass is 10.1. The molecule has 1 amide bonds. The highest BCUT2D eigenvalue weighted by Crippen LogP contribution is 2.37. The molecule has 2 aliphatic rings. The number of hydrogen-bond acceptors (Lipinski definition) is 6. The highest BCUT2D eigenvalue weighted by Gasteiger charge is 2.28. The van der Waals surface area contributed by atoms with Crippen molar-refractivity contribution in [3.05, 3.63) is 44.8 Å². The van der Waals surface area contributed by atoms with Gasteiger partial charge in [-0.25, -0.2) is 8.42 Å². The van der Waals surface area contributed by atoms with Crippen LogP contribution in [0.25, 0.3) is 0 Å². The van der Waals surface area contributed by atoms with Crippen LogP contribution < -0.4 is 5.32 Å². The van der Waals surface area contributed by atoms with Crippen molar-refractivity contribution in [2.75, 3.05) is 31.6 Å². The molecule has 1 aromatic carbocycles. The lowest BCUT2D eigenvalue weighted by molar-refractivity contribution is 0.0730. The Kier molecular flexibility index (Phi) is 6.65. The first-order valence-corrected chi connectivity index (χ1v) is 12.8. The normalized spacial score (nSPS) is 17.4. The summed E-state index contributed by atoms with van der Waals surface area (Å²) in [6.07, 6.45) is 4.96. The zero-order chi connectivity index (χ0) is 22.0. The van der Waals surface area contributed by atoms with Crippen LogP contribution in [0.1, 0.15) is 45.6 Å². The number of hydrogen-bond donors (Lipinski definition) is 1. The molecule has 0 atom stereocenters. The Morgan fingerprint density at radius 3 is 2.68 bits per heavy atom. The molecule has 2 aromatic rings. The predicted octanol–water partition coefficient (Wildman–Crippen LogP) is 3.82. The molecule has 0 saturated carbocycles. The third-order valence-corrected chi connectivity index (χ3v) is 8.98. The molecule has 1 saturated heterocycles. The molecule has 1 aliphatic heterocycles. The van der Waals surface area contributed by atoms with Gasteiger partial charge in [0, 0.05) is 18.0 Å². The van der Waals surface area contributed by atoms with E-state index in [1.54, 1.807) is 0 Å². The number of halogens is 1. The molecule has 0 spiro atoms. The van der Waals surface area contributed by atoms with Crippen molar-refractivity contribution >= 4 is 43.9 Å². The van der Waals surface area contributed by atoms with E-state index >= 15 is 0 Å². The number of aryl methyl sites for hydroxylation is 1. The molecule has 1 aliphatic carbocycles. The topological polar surface area (TPSA) is 99.5 Å². The van der Waals surface area contributed by atoms with Gasteiger partial charge in [0.25, 0.3) is 5.91 Å². The number of nitrogens with one attached hydrogen (secondary N) is 1. The van der Waals surface area contributed by atoms with Gasteiger partial charge in [-0.3, -0.25) is 4.79 Å². The second kappa shape index (κ2) is 9.27. The van der Waals surface area contributed by atoms with Crippen LogP contribution in [-0.2, 0) is 27.6 Å². The van der Waals surface area contributed by atoms with Crippen LogP contribution in [0.3, 0.4) is 0 Å². The standard InChI is InChI=1S/C21H22ClN3O4S2/c22-18-7-6-14(31(27,28)25-8-10-29-11-9-25)12-16(18)20(26)24-21-17(13-23)15-4-2-1-3-5-19(15)30-21/h6-7,12H,1-5,8-11H2,(H,24,26). The molecule has 7 nitrogen and oxygen atoms in total. The van der Waals surface area contributed by atoms with Gasteiger partial charge in [-0.05, 0) is 49.4 Å². The molecule has 1 N–H and O–H groups in total. The fourth-order valence-electron chi connectivity index (χ4n) is 3.89. The fraction of sp³-hybridized carbons (Fsp3) is 0.429. The van der Waals surface area contributed by atoms with Crippen LogP contribution in [0, 0.1) is 11.3 Å². The van der Waals surface area contributed by atoms with Crippen LogP contribution in [0.2, 0.25) is 5.02 Å². The van der Waals surface area contributed by atoms with Crippen LogP contribution in [-0.4, -0.2) is 44.9 Å². The summed E-state index contributed by atoms with van der Waals surface area (Å²) in [6.45, 7) is 1.19. The Morgan fingerprint density at radius 2 is 1.94 bits per heavy atom. The Balaban J connectivity index is 1.63. The number of fused-ring (bicyclic) bond motifs is 1. The van der Waals surface area contributed by atoms with E-state index in [4.69, 9.17) is 16.3 Å². The van der Waals surface area contributed by atoms with Gasteiger partial charge in [0.05, 0.1) is 34.3 Å². The van der Waals surface area contributed by atoms with E-state index in [1.807, 2.05) is 0 Å². The number of morpholine rings is 1. The second-order valence-corrected chi connectivity index (χ2v) is 10.9. The van der Waals surface area contributed by atoms with Gasteiger partial charge >= 0.3 is 0 Å². The van der Waals surface area contributed by atoms with E-state index < -0.39 is 15.9 Å². The first kappa shape index (κ1) is 22.2. The number of ether oxygens (including phenoxy) is 1. The first-order chi connectivity index (χ1) is 14.9. The van der Waals surface area contributed by atoms with Crippen molar-refractivity contribution in [3.8, 4) is 6.07 Å². The molecule has 1 fully saturated rings. The molecule has 0 bridgehead atoms. The quantitative estimate of drug-likeness (QED) is 0.672. The number of carbonyl (C=O) groups is 1. The summed E-state index contributed by atoms with van der Waals surface area (Å²) >= 11 is 7.66. The number of nitriles is 1. The van der Waals surface area contributed by atoms with Crippen molar-refractivity contribution < 1.29 is 17.9 Å². The minimum Gasteiger partial charge on any atom is -0.379 e. The number of carbonyl (C=O) groups excluding carboxylic acids is 1. The molecule has 4 rings (SSSR count). The van der Waals surface area contributed by atoms with Gasteiger partial charge in [0.1, 0.15) is 11.1 Å². The van der Waals surface area contributed by atoms with E-state index in [0.29, 0.717) is 23.8 Å². The maximum Gasteiger partial charge on any atom is 0.257 e. The lowest BCUT2D eigenvalue weighted by Gasteiger charge is -2.26. The lowest BCUT2D eigenvalue weighted by Crippen LogP contribution is -2.40. The van der Waals surface area contributed by atoms with Crippen molar-refractivity contribution in [1.82, 2.24) is 4.31 Å². The Hall–Kier alpha value is -1.96. The summed E-state index contributed by atoms with van der Waals surface area (Å²) in [7, 11) is -3.76. The number of anilines is 1. The SMILES string of the molecule is N#Cc1c(NC(=O)c2cc(S(=O)(=O)N3CCOCC3)ccc2Cl)sc2c1CCCCC2. The Bertz CT molecular complexity index is 1150. The number of amides is 1.